The van der Waals surface area contributed by atoms with Gasteiger partial charge in [0.05, 0.1) is 19.9 Å². The fraction of sp³-hybridized carbons (Fsp3) is 0.333. The number of rotatable bonds is 6. The molecule has 0 unspecified atom stereocenters. The Balaban J connectivity index is 1.99. The Hall–Kier alpha value is -3.32. The zero-order valence-corrected chi connectivity index (χ0v) is 17.8. The van der Waals surface area contributed by atoms with Crippen LogP contribution in [-0.4, -0.2) is 61.7 Å². The van der Waals surface area contributed by atoms with Gasteiger partial charge < -0.3 is 20.1 Å². The number of amides is 1. The number of terminal acetylenes is 1. The molecule has 2 atom stereocenters. The number of methoxy groups -OCH3 is 1. The van der Waals surface area contributed by atoms with E-state index in [1.807, 2.05) is 0 Å². The minimum Gasteiger partial charge on any atom is -0.463 e. The molecule has 0 radical (unpaired) electrons. The summed E-state index contributed by atoms with van der Waals surface area (Å²) in [7, 11) is 1.31. The van der Waals surface area contributed by atoms with Gasteiger partial charge in [-0.1, -0.05) is 23.7 Å². The molecule has 1 aromatic carbocycles. The van der Waals surface area contributed by atoms with Crippen LogP contribution in [0, 0.1) is 24.1 Å². The van der Waals surface area contributed by atoms with E-state index in [-0.39, 0.29) is 25.0 Å². The summed E-state index contributed by atoms with van der Waals surface area (Å²) in [6.07, 6.45) is 7.54. The van der Waals surface area contributed by atoms with Gasteiger partial charge in [-0.25, -0.2) is 19.2 Å². The van der Waals surface area contributed by atoms with Crippen LogP contribution in [0.3, 0.4) is 0 Å². The largest absolute Gasteiger partial charge is 0.463 e. The summed E-state index contributed by atoms with van der Waals surface area (Å²) in [6, 6.07) is 4.57. The monoisotopic (exact) mass is 443 g/mol. The summed E-state index contributed by atoms with van der Waals surface area (Å²) in [5.74, 6) is 2.56. The minimum absolute atomic E-state index is 0.0210. The zero-order chi connectivity index (χ0) is 22.4. The Labute approximate surface area is 184 Å². The van der Waals surface area contributed by atoms with Gasteiger partial charge in [-0.15, -0.1) is 6.42 Å². The summed E-state index contributed by atoms with van der Waals surface area (Å²) in [4.78, 5) is 26.1. The van der Waals surface area contributed by atoms with Crippen LogP contribution in [0.1, 0.15) is 11.1 Å². The first-order chi connectivity index (χ1) is 14.9. The van der Waals surface area contributed by atoms with E-state index in [4.69, 9.17) is 21.6 Å². The van der Waals surface area contributed by atoms with Gasteiger partial charge >= 0.3 is 6.09 Å². The van der Waals surface area contributed by atoms with Crippen LogP contribution in [0.15, 0.2) is 45.3 Å². The van der Waals surface area contributed by atoms with Crippen LogP contribution in [0.2, 0.25) is 0 Å². The second-order valence-corrected chi connectivity index (χ2v) is 7.91. The lowest BCUT2D eigenvalue weighted by Gasteiger charge is -2.34. The number of hydrogen-bond acceptors (Lipinski definition) is 8. The smallest absolute Gasteiger partial charge is 0.409 e. The van der Waals surface area contributed by atoms with Crippen molar-refractivity contribution in [2.45, 2.75) is 5.54 Å². The molecule has 1 amide bonds. The van der Waals surface area contributed by atoms with Crippen molar-refractivity contribution in [3.05, 3.63) is 47.2 Å². The van der Waals surface area contributed by atoms with Crippen LogP contribution in [-0.2, 0) is 15.0 Å². The van der Waals surface area contributed by atoms with Gasteiger partial charge in [0, 0.05) is 30.0 Å². The number of amidine groups is 1. The zero-order valence-electron chi connectivity index (χ0n) is 17.0. The van der Waals surface area contributed by atoms with E-state index < -0.39 is 17.4 Å². The Morgan fingerprint density at radius 3 is 3.13 bits per heavy atom. The third kappa shape index (κ3) is 4.72. The highest BCUT2D eigenvalue weighted by Crippen LogP contribution is 2.46. The second-order valence-electron chi connectivity index (χ2n) is 6.87. The predicted octanol–water partition coefficient (Wildman–Crippen LogP) is 2.35. The van der Waals surface area contributed by atoms with Crippen LogP contribution < -0.4 is 5.73 Å². The van der Waals surface area contributed by atoms with Gasteiger partial charge in [0.15, 0.2) is 11.8 Å². The predicted molar refractivity (Wildman–Crippen MR) is 120 cm³/mol. The van der Waals surface area contributed by atoms with Crippen molar-refractivity contribution >= 4 is 36.0 Å². The third-order valence-corrected chi connectivity index (χ3v) is 5.98. The van der Waals surface area contributed by atoms with E-state index in [9.17, 15) is 4.79 Å². The fourth-order valence-corrected chi connectivity index (χ4v) is 4.64. The van der Waals surface area contributed by atoms with E-state index in [0.717, 1.165) is 0 Å². The summed E-state index contributed by atoms with van der Waals surface area (Å²) in [5.41, 5.74) is 5.95. The van der Waals surface area contributed by atoms with Gasteiger partial charge in [-0.05, 0) is 24.4 Å². The van der Waals surface area contributed by atoms with Gasteiger partial charge in [-0.3, -0.25) is 4.99 Å². The topological polar surface area (TPSA) is 102 Å². The molecule has 1 fully saturated rings. The van der Waals surface area contributed by atoms with Crippen molar-refractivity contribution in [2.75, 3.05) is 32.6 Å². The summed E-state index contributed by atoms with van der Waals surface area (Å²) >= 11 is 1.39. The van der Waals surface area contributed by atoms with Crippen molar-refractivity contribution < 1.29 is 18.7 Å². The second kappa shape index (κ2) is 9.66. The lowest BCUT2D eigenvalue weighted by atomic mass is 9.81. The Morgan fingerprint density at radius 2 is 2.42 bits per heavy atom. The standard InChI is InChI=1S/C21H22FN5O3S/c1-4-7-30-18(10-24-2)25-9-14-5-6-17(22)16(8-14)21-13-27(20(28)29-3)11-15(21)12-31-19(23)26-21/h1,5-6,8-10,15H,2,7,11-13H2,3H3,(H2,23,26)/b18-10+,25-9-/t15-,21-/m0/s1. The number of likely N-dealkylation sites (tertiary alicyclic amines) is 1. The number of halogens is 1. The molecule has 8 nitrogen and oxygen atoms in total. The van der Waals surface area contributed by atoms with Gasteiger partial charge in [-0.2, -0.15) is 0 Å². The first-order valence-corrected chi connectivity index (χ1v) is 10.3. The van der Waals surface area contributed by atoms with E-state index in [1.165, 1.54) is 42.3 Å². The molecule has 0 bridgehead atoms. The molecule has 2 N–H and O–H groups in total. The molecule has 1 saturated heterocycles. The quantitative estimate of drug-likeness (QED) is 0.413. The SMILES string of the molecule is C#CCOC(=C/N=C)/N=C\c1ccc(F)c([C@]23CN(C(=O)OC)C[C@H]2CSC(N)=N3)c1. The molecule has 0 aliphatic carbocycles. The number of fused-ring (bicyclic) bond motifs is 1. The lowest BCUT2D eigenvalue weighted by molar-refractivity contribution is 0.130. The van der Waals surface area contributed by atoms with Crippen molar-refractivity contribution in [3.63, 3.8) is 0 Å². The number of aliphatic imine (C=N–C) groups is 3. The Kier molecular flexibility index (Phi) is 6.97. The number of nitrogens with zero attached hydrogens (tertiary/aromatic N) is 4. The Morgan fingerprint density at radius 1 is 1.61 bits per heavy atom. The number of benzene rings is 1. The highest BCUT2D eigenvalue weighted by atomic mass is 32.2. The molecule has 2 aliphatic rings. The maximum atomic E-state index is 15.0. The minimum atomic E-state index is -1.00. The number of ether oxygens (including phenoxy) is 2. The highest BCUT2D eigenvalue weighted by molar-refractivity contribution is 8.13. The average Bonchev–Trinajstić information content (AvgIpc) is 3.15. The van der Waals surface area contributed by atoms with Crippen LogP contribution in [0.5, 0.6) is 0 Å². The molecule has 162 valence electrons. The fourth-order valence-electron chi connectivity index (χ4n) is 3.66. The first-order valence-electron chi connectivity index (χ1n) is 9.31. The molecule has 0 spiro atoms. The summed E-state index contributed by atoms with van der Waals surface area (Å²) in [5, 5.41) is 0.353. The molecule has 2 heterocycles. The van der Waals surface area contributed by atoms with Crippen LogP contribution in [0.25, 0.3) is 0 Å². The molecule has 2 aliphatic heterocycles. The summed E-state index contributed by atoms with van der Waals surface area (Å²) < 4.78 is 25.2. The van der Waals surface area contributed by atoms with Gasteiger partial charge in [0.1, 0.15) is 11.4 Å². The van der Waals surface area contributed by atoms with Gasteiger partial charge in [0.25, 0.3) is 0 Å². The molecule has 0 aromatic heterocycles. The first kappa shape index (κ1) is 22.4. The number of carbonyl (C=O) groups excluding carboxylic acids is 1. The maximum absolute atomic E-state index is 15.0. The summed E-state index contributed by atoms with van der Waals surface area (Å²) in [6.45, 7) is 3.95. The third-order valence-electron chi connectivity index (χ3n) is 5.03. The van der Waals surface area contributed by atoms with Crippen molar-refractivity contribution in [3.8, 4) is 12.3 Å². The number of nitrogens with two attached hydrogens (primary N) is 1. The van der Waals surface area contributed by atoms with Crippen molar-refractivity contribution in [1.29, 1.82) is 0 Å². The molecule has 1 aromatic rings. The lowest BCUT2D eigenvalue weighted by Crippen LogP contribution is -2.41. The van der Waals surface area contributed by atoms with Crippen molar-refractivity contribution in [2.24, 2.45) is 26.6 Å². The average molecular weight is 444 g/mol. The molecule has 31 heavy (non-hydrogen) atoms. The number of thioether (sulfide) groups is 1. The van der Waals surface area contributed by atoms with Crippen molar-refractivity contribution in [1.82, 2.24) is 4.90 Å². The maximum Gasteiger partial charge on any atom is 0.409 e. The van der Waals surface area contributed by atoms with E-state index in [0.29, 0.717) is 28.6 Å². The molecule has 10 heteroatoms. The normalized spacial score (nSPS) is 23.1. The molecular weight excluding hydrogens is 421 g/mol. The number of carbonyl (C=O) groups is 1. The van der Waals surface area contributed by atoms with Crippen LogP contribution in [0.4, 0.5) is 9.18 Å². The van der Waals surface area contributed by atoms with Gasteiger partial charge in [0.2, 0.25) is 5.88 Å². The number of hydrogen-bond donors (Lipinski definition) is 1. The highest BCUT2D eigenvalue weighted by Gasteiger charge is 2.52. The molecular formula is C21H22FN5O3S. The molecule has 3 rings (SSSR count). The van der Waals surface area contributed by atoms with Crippen LogP contribution >= 0.6 is 11.8 Å². The van der Waals surface area contributed by atoms with E-state index in [1.54, 1.807) is 12.1 Å². The van der Waals surface area contributed by atoms with E-state index in [2.05, 4.69) is 27.6 Å². The molecule has 0 saturated carbocycles. The Bertz CT molecular complexity index is 1000. The van der Waals surface area contributed by atoms with E-state index >= 15 is 4.39 Å².